The van der Waals surface area contributed by atoms with E-state index in [1.807, 2.05) is 43.7 Å². The summed E-state index contributed by atoms with van der Waals surface area (Å²) in [6.45, 7) is 9.10. The Hall–Kier alpha value is -3.46. The molecule has 1 fully saturated rings. The van der Waals surface area contributed by atoms with Gasteiger partial charge in [0.15, 0.2) is 11.6 Å². The maximum atomic E-state index is 14.9. The molecule has 0 unspecified atom stereocenters. The van der Waals surface area contributed by atoms with Crippen LogP contribution < -0.4 is 10.6 Å². The number of piperidine rings is 1. The monoisotopic (exact) mass is 491 g/mol. The third-order valence-electron chi connectivity index (χ3n) is 6.96. The normalized spacial score (nSPS) is 17.0. The van der Waals surface area contributed by atoms with Gasteiger partial charge in [-0.1, -0.05) is 19.4 Å². The largest absolute Gasteiger partial charge is 0.326 e. The molecule has 0 radical (unpaired) electrons. The number of benzene rings is 1. The highest BCUT2D eigenvalue weighted by Crippen LogP contribution is 2.31. The lowest BCUT2D eigenvalue weighted by atomic mass is 9.89. The van der Waals surface area contributed by atoms with E-state index in [0.717, 1.165) is 24.7 Å². The first-order chi connectivity index (χ1) is 17.3. The lowest BCUT2D eigenvalue weighted by Crippen LogP contribution is -2.37. The quantitative estimate of drug-likeness (QED) is 0.342. The predicted octanol–water partition coefficient (Wildman–Crippen LogP) is 6.05. The summed E-state index contributed by atoms with van der Waals surface area (Å²) in [6.07, 6.45) is 6.58. The van der Waals surface area contributed by atoms with E-state index in [0.29, 0.717) is 34.7 Å². The fraction of sp³-hybridized carbons (Fsp3) is 0.407. The predicted molar refractivity (Wildman–Crippen MR) is 137 cm³/mol. The number of aromatic nitrogens is 5. The van der Waals surface area contributed by atoms with Crippen LogP contribution in [0.25, 0.3) is 22.3 Å². The number of anilines is 2. The molecular weight excluding hydrogens is 460 g/mol. The first-order valence-corrected chi connectivity index (χ1v) is 12.5. The molecule has 36 heavy (non-hydrogen) atoms. The number of nitrogens with zero attached hydrogens (tertiary/aromatic N) is 5. The summed E-state index contributed by atoms with van der Waals surface area (Å²) in [7, 11) is 0. The third-order valence-corrected chi connectivity index (χ3v) is 6.96. The molecule has 2 N–H and O–H groups in total. The number of nitrogens with one attached hydrogen (secondary N) is 2. The van der Waals surface area contributed by atoms with E-state index in [1.54, 1.807) is 6.07 Å². The van der Waals surface area contributed by atoms with Crippen LogP contribution in [-0.4, -0.2) is 37.1 Å². The summed E-state index contributed by atoms with van der Waals surface area (Å²) in [6, 6.07) is 7.43. The van der Waals surface area contributed by atoms with Crippen LogP contribution in [0.15, 0.2) is 36.7 Å². The maximum Gasteiger partial charge on any atom is 0.229 e. The Labute approximate surface area is 209 Å². The number of fused-ring (bicyclic) bond motifs is 1. The summed E-state index contributed by atoms with van der Waals surface area (Å²) in [5.74, 6) is 0.635. The summed E-state index contributed by atoms with van der Waals surface area (Å²) in [5.41, 5.74) is 2.35. The van der Waals surface area contributed by atoms with E-state index in [1.165, 1.54) is 18.9 Å². The van der Waals surface area contributed by atoms with E-state index in [9.17, 15) is 8.78 Å². The van der Waals surface area contributed by atoms with E-state index in [4.69, 9.17) is 0 Å². The van der Waals surface area contributed by atoms with Crippen LogP contribution >= 0.6 is 0 Å². The zero-order valence-electron chi connectivity index (χ0n) is 21.0. The molecule has 188 valence electrons. The molecule has 2 atom stereocenters. The lowest BCUT2D eigenvalue weighted by Gasteiger charge is -2.29. The van der Waals surface area contributed by atoms with Crippen LogP contribution in [0.5, 0.6) is 0 Å². The van der Waals surface area contributed by atoms with Crippen molar-refractivity contribution in [3.8, 4) is 11.3 Å². The van der Waals surface area contributed by atoms with E-state index < -0.39 is 11.6 Å². The van der Waals surface area contributed by atoms with Gasteiger partial charge < -0.3 is 15.2 Å². The molecule has 0 bridgehead atoms. The fourth-order valence-electron chi connectivity index (χ4n) is 5.09. The molecule has 4 aromatic rings. The Morgan fingerprint density at radius 2 is 1.86 bits per heavy atom. The van der Waals surface area contributed by atoms with Crippen molar-refractivity contribution in [2.45, 2.75) is 65.0 Å². The Bertz CT molecular complexity index is 1380. The van der Waals surface area contributed by atoms with Gasteiger partial charge in [0.05, 0.1) is 11.7 Å². The van der Waals surface area contributed by atoms with Crippen LogP contribution in [0, 0.1) is 18.6 Å². The van der Waals surface area contributed by atoms with Crippen molar-refractivity contribution >= 4 is 22.8 Å². The first kappa shape index (κ1) is 24.2. The molecule has 1 aromatic carbocycles. The van der Waals surface area contributed by atoms with Crippen molar-refractivity contribution in [1.29, 1.82) is 0 Å². The van der Waals surface area contributed by atoms with Gasteiger partial charge in [-0.05, 0) is 69.8 Å². The van der Waals surface area contributed by atoms with Crippen LogP contribution in [0.1, 0.15) is 63.4 Å². The molecule has 0 aliphatic carbocycles. The number of hydrogen-bond donors (Lipinski definition) is 2. The van der Waals surface area contributed by atoms with Crippen molar-refractivity contribution in [3.63, 3.8) is 0 Å². The number of halogens is 2. The van der Waals surface area contributed by atoms with E-state index >= 15 is 0 Å². The second-order valence-corrected chi connectivity index (χ2v) is 9.79. The highest BCUT2D eigenvalue weighted by Gasteiger charge is 2.21. The van der Waals surface area contributed by atoms with Gasteiger partial charge in [0, 0.05) is 23.8 Å². The smallest absolute Gasteiger partial charge is 0.229 e. The molecular formula is C27H31F2N7. The molecule has 9 heteroatoms. The topological polar surface area (TPSA) is 80.6 Å². The van der Waals surface area contributed by atoms with Crippen LogP contribution in [0.2, 0.25) is 0 Å². The van der Waals surface area contributed by atoms with Crippen molar-refractivity contribution in [3.05, 3.63) is 59.7 Å². The average Bonchev–Trinajstić information content (AvgIpc) is 3.22. The molecule has 1 aliphatic heterocycles. The van der Waals surface area contributed by atoms with Crippen LogP contribution in [0.3, 0.4) is 0 Å². The van der Waals surface area contributed by atoms with Gasteiger partial charge in [0.2, 0.25) is 5.95 Å². The minimum absolute atomic E-state index is 0.0103. The number of aryl methyl sites for hydroxylation is 1. The number of pyridine rings is 1. The SMILES string of the molecule is Cc1nc2c(F)cc(-c3nc(Nc4ccc([C@@H](C)[C@@H]5CCCCN5)cn4)ncc3F)cc2n1C(C)C. The van der Waals surface area contributed by atoms with E-state index in [2.05, 4.69) is 37.5 Å². The Morgan fingerprint density at radius 3 is 2.56 bits per heavy atom. The minimum atomic E-state index is -0.635. The van der Waals surface area contributed by atoms with Gasteiger partial charge in [0.25, 0.3) is 0 Å². The third kappa shape index (κ3) is 4.67. The standard InChI is InChI=1S/C27H31F2N7/c1-15(2)36-17(4)33-26-20(28)11-19(12-23(26)36)25-21(29)14-32-27(35-25)34-24-9-8-18(13-31-24)16(3)22-7-5-6-10-30-22/h8-9,11-16,22,30H,5-7,10H2,1-4H3,(H,31,32,34,35)/t16-,22+/m1/s1. The van der Waals surface area contributed by atoms with Crippen LogP contribution in [0.4, 0.5) is 20.5 Å². The van der Waals surface area contributed by atoms with Crippen molar-refractivity contribution in [2.24, 2.45) is 0 Å². The van der Waals surface area contributed by atoms with Crippen molar-refractivity contribution in [1.82, 2.24) is 29.8 Å². The van der Waals surface area contributed by atoms with Gasteiger partial charge in [-0.2, -0.15) is 0 Å². The zero-order valence-corrected chi connectivity index (χ0v) is 21.0. The number of rotatable bonds is 6. The second-order valence-electron chi connectivity index (χ2n) is 9.79. The molecule has 7 nitrogen and oxygen atoms in total. The van der Waals surface area contributed by atoms with Gasteiger partial charge in [-0.15, -0.1) is 0 Å². The summed E-state index contributed by atoms with van der Waals surface area (Å²) >= 11 is 0. The Morgan fingerprint density at radius 1 is 1.03 bits per heavy atom. The van der Waals surface area contributed by atoms with Gasteiger partial charge in [-0.3, -0.25) is 0 Å². The second kappa shape index (κ2) is 9.89. The molecule has 0 amide bonds. The van der Waals surface area contributed by atoms with Gasteiger partial charge >= 0.3 is 0 Å². The molecule has 0 spiro atoms. The maximum absolute atomic E-state index is 14.9. The van der Waals surface area contributed by atoms with E-state index in [-0.39, 0.29) is 23.2 Å². The number of hydrogen-bond acceptors (Lipinski definition) is 6. The van der Waals surface area contributed by atoms with Crippen molar-refractivity contribution in [2.75, 3.05) is 11.9 Å². The van der Waals surface area contributed by atoms with Gasteiger partial charge in [-0.25, -0.2) is 28.7 Å². The molecule has 0 saturated carbocycles. The Kier molecular flexibility index (Phi) is 6.66. The zero-order chi connectivity index (χ0) is 25.4. The van der Waals surface area contributed by atoms with Crippen molar-refractivity contribution < 1.29 is 8.78 Å². The average molecular weight is 492 g/mol. The molecule has 1 saturated heterocycles. The summed E-state index contributed by atoms with van der Waals surface area (Å²) < 4.78 is 31.6. The molecule has 1 aliphatic rings. The highest BCUT2D eigenvalue weighted by atomic mass is 19.1. The summed E-state index contributed by atoms with van der Waals surface area (Å²) in [4.78, 5) is 17.3. The Balaban J connectivity index is 1.41. The summed E-state index contributed by atoms with van der Waals surface area (Å²) in [5, 5.41) is 6.64. The minimum Gasteiger partial charge on any atom is -0.326 e. The lowest BCUT2D eigenvalue weighted by molar-refractivity contribution is 0.361. The highest BCUT2D eigenvalue weighted by molar-refractivity contribution is 5.83. The number of imidazole rings is 1. The van der Waals surface area contributed by atoms with Gasteiger partial charge in [0.1, 0.15) is 22.9 Å². The van der Waals surface area contributed by atoms with Crippen LogP contribution in [-0.2, 0) is 0 Å². The molecule has 5 rings (SSSR count). The molecule has 3 aromatic heterocycles. The first-order valence-electron chi connectivity index (χ1n) is 12.5. The fourth-order valence-corrected chi connectivity index (χ4v) is 5.09. The molecule has 4 heterocycles.